The van der Waals surface area contributed by atoms with E-state index < -0.39 is 0 Å². The van der Waals surface area contributed by atoms with Crippen LogP contribution in [0.2, 0.25) is 10.0 Å². The van der Waals surface area contributed by atoms with Gasteiger partial charge in [-0.25, -0.2) is 0 Å². The Morgan fingerprint density at radius 1 is 1.17 bits per heavy atom. The lowest BCUT2D eigenvalue weighted by Gasteiger charge is -2.27. The number of rotatable bonds is 3. The van der Waals surface area contributed by atoms with E-state index in [-0.39, 0.29) is 28.0 Å². The zero-order valence-corrected chi connectivity index (χ0v) is 14.8. The number of fused-ring (bicyclic) bond motifs is 1. The van der Waals surface area contributed by atoms with Gasteiger partial charge in [0.05, 0.1) is 29.9 Å². The first-order valence-corrected chi connectivity index (χ1v) is 9.07. The highest BCUT2D eigenvalue weighted by Gasteiger charge is 2.27. The van der Waals surface area contributed by atoms with Crippen LogP contribution in [0.15, 0.2) is 6.07 Å². The van der Waals surface area contributed by atoms with Crippen molar-refractivity contribution >= 4 is 29.1 Å². The number of carbonyl (C=O) groups is 1. The quantitative estimate of drug-likeness (QED) is 0.851. The molecule has 1 aromatic carbocycles. The number of hydrogen-bond acceptors (Lipinski definition) is 4. The Morgan fingerprint density at radius 2 is 1.88 bits per heavy atom. The summed E-state index contributed by atoms with van der Waals surface area (Å²) in [5.74, 6) is 0.447. The maximum Gasteiger partial charge on any atom is 0.255 e. The van der Waals surface area contributed by atoms with E-state index in [0.717, 1.165) is 25.7 Å². The van der Waals surface area contributed by atoms with Crippen LogP contribution in [-0.2, 0) is 0 Å². The summed E-state index contributed by atoms with van der Waals surface area (Å²) >= 11 is 12.3. The van der Waals surface area contributed by atoms with Gasteiger partial charge in [-0.2, -0.15) is 0 Å². The minimum atomic E-state index is -0.357. The Bertz CT molecular complexity index is 623. The fourth-order valence-corrected chi connectivity index (χ4v) is 3.57. The number of halogens is 2. The molecule has 0 radical (unpaired) electrons. The first-order valence-electron chi connectivity index (χ1n) is 8.31. The molecule has 1 heterocycles. The summed E-state index contributed by atoms with van der Waals surface area (Å²) in [4.78, 5) is 12.6. The minimum Gasteiger partial charge on any atom is -0.489 e. The summed E-state index contributed by atoms with van der Waals surface area (Å²) in [6.45, 7) is 1.34. The molecule has 132 valence electrons. The highest BCUT2D eigenvalue weighted by molar-refractivity contribution is 6.43. The Kier molecular flexibility index (Phi) is 5.74. The van der Waals surface area contributed by atoms with Crippen molar-refractivity contribution in [2.75, 3.05) is 19.8 Å². The number of benzene rings is 1. The van der Waals surface area contributed by atoms with Crippen molar-refractivity contribution in [1.82, 2.24) is 5.32 Å². The predicted molar refractivity (Wildman–Crippen MR) is 92.4 cm³/mol. The molecule has 1 fully saturated rings. The van der Waals surface area contributed by atoms with Gasteiger partial charge in [0.2, 0.25) is 0 Å². The molecule has 0 bridgehead atoms. The van der Waals surface area contributed by atoms with Gasteiger partial charge in [-0.05, 0) is 18.9 Å². The second kappa shape index (κ2) is 7.81. The monoisotopic (exact) mass is 373 g/mol. The summed E-state index contributed by atoms with van der Waals surface area (Å²) in [6.07, 6.45) is 4.18. The molecule has 1 aliphatic carbocycles. The second-order valence-electron chi connectivity index (χ2n) is 6.25. The molecule has 0 saturated heterocycles. The van der Waals surface area contributed by atoms with E-state index >= 15 is 0 Å². The van der Waals surface area contributed by atoms with Gasteiger partial charge in [0.25, 0.3) is 5.91 Å². The molecule has 0 aromatic heterocycles. The number of carbonyl (C=O) groups excluding carboxylic acids is 1. The Balaban J connectivity index is 1.78. The average Bonchev–Trinajstić information content (AvgIpc) is 2.83. The van der Waals surface area contributed by atoms with E-state index in [9.17, 15) is 9.90 Å². The lowest BCUT2D eigenvalue weighted by molar-refractivity contribution is 0.0662. The van der Waals surface area contributed by atoms with Gasteiger partial charge in [0.1, 0.15) is 5.02 Å². The van der Waals surface area contributed by atoms with E-state index in [1.54, 1.807) is 0 Å². The number of nitrogens with one attached hydrogen (secondary N) is 1. The first kappa shape index (κ1) is 17.6. The molecule has 7 heteroatoms. The van der Waals surface area contributed by atoms with Gasteiger partial charge in [0.15, 0.2) is 11.5 Å². The van der Waals surface area contributed by atoms with E-state index in [1.807, 2.05) is 0 Å². The fraction of sp³-hybridized carbons (Fsp3) is 0.588. The third-order valence-electron chi connectivity index (χ3n) is 4.55. The molecule has 2 N–H and O–H groups in total. The summed E-state index contributed by atoms with van der Waals surface area (Å²) in [5, 5.41) is 13.4. The maximum atomic E-state index is 12.6. The van der Waals surface area contributed by atoms with Crippen molar-refractivity contribution in [3.63, 3.8) is 0 Å². The largest absolute Gasteiger partial charge is 0.489 e. The summed E-state index contributed by atoms with van der Waals surface area (Å²) in [6, 6.07) is 1.50. The highest BCUT2D eigenvalue weighted by atomic mass is 35.5. The van der Waals surface area contributed by atoms with Crippen LogP contribution in [0.1, 0.15) is 42.5 Å². The first-order chi connectivity index (χ1) is 11.6. The van der Waals surface area contributed by atoms with Crippen molar-refractivity contribution in [3.8, 4) is 11.5 Å². The molecule has 5 nitrogen and oxygen atoms in total. The van der Waals surface area contributed by atoms with Crippen LogP contribution in [0.25, 0.3) is 0 Å². The predicted octanol–water partition coefficient (Wildman–Crippen LogP) is 3.44. The molecule has 1 aromatic rings. The third kappa shape index (κ3) is 3.73. The lowest BCUT2D eigenvalue weighted by Crippen LogP contribution is -2.36. The van der Waals surface area contributed by atoms with Gasteiger partial charge < -0.3 is 19.9 Å². The molecular formula is C17H21Cl2NO4. The molecule has 0 spiro atoms. The van der Waals surface area contributed by atoms with E-state index in [0.29, 0.717) is 43.2 Å². The normalized spacial score (nSPS) is 23.5. The SMILES string of the molecule is O=C(NCC1CCCCC1O)c1cc(Cl)c(Cl)c2c1OCCCO2. The topological polar surface area (TPSA) is 67.8 Å². The van der Waals surface area contributed by atoms with E-state index in [1.165, 1.54) is 6.07 Å². The van der Waals surface area contributed by atoms with Gasteiger partial charge in [0, 0.05) is 18.9 Å². The van der Waals surface area contributed by atoms with Crippen molar-refractivity contribution in [2.24, 2.45) is 5.92 Å². The molecule has 1 saturated carbocycles. The van der Waals surface area contributed by atoms with E-state index in [2.05, 4.69) is 5.32 Å². The maximum absolute atomic E-state index is 12.6. The highest BCUT2D eigenvalue weighted by Crippen LogP contribution is 2.44. The Labute approximate surface area is 151 Å². The van der Waals surface area contributed by atoms with Gasteiger partial charge in [-0.15, -0.1) is 0 Å². The number of hydrogen-bond donors (Lipinski definition) is 2. The molecule has 2 unspecified atom stereocenters. The van der Waals surface area contributed by atoms with Crippen molar-refractivity contribution in [3.05, 3.63) is 21.7 Å². The van der Waals surface area contributed by atoms with E-state index in [4.69, 9.17) is 32.7 Å². The van der Waals surface area contributed by atoms with Crippen molar-refractivity contribution in [2.45, 2.75) is 38.2 Å². The third-order valence-corrected chi connectivity index (χ3v) is 5.32. The van der Waals surface area contributed by atoms with Crippen LogP contribution in [0, 0.1) is 5.92 Å². The summed E-state index contributed by atoms with van der Waals surface area (Å²) in [7, 11) is 0. The fourth-order valence-electron chi connectivity index (χ4n) is 3.18. The van der Waals surface area contributed by atoms with Gasteiger partial charge in [-0.3, -0.25) is 4.79 Å². The zero-order valence-electron chi connectivity index (χ0n) is 13.3. The van der Waals surface area contributed by atoms with Crippen LogP contribution < -0.4 is 14.8 Å². The Hall–Kier alpha value is -1.17. The second-order valence-corrected chi connectivity index (χ2v) is 7.04. The molecule has 2 aliphatic rings. The van der Waals surface area contributed by atoms with Crippen molar-refractivity contribution in [1.29, 1.82) is 0 Å². The number of amides is 1. The zero-order chi connectivity index (χ0) is 17.1. The average molecular weight is 374 g/mol. The van der Waals surface area contributed by atoms with Gasteiger partial charge >= 0.3 is 0 Å². The molecule has 1 amide bonds. The van der Waals surface area contributed by atoms with Gasteiger partial charge in [-0.1, -0.05) is 36.0 Å². The minimum absolute atomic E-state index is 0.0845. The molecule has 24 heavy (non-hydrogen) atoms. The number of aliphatic hydroxyl groups excluding tert-OH is 1. The van der Waals surface area contributed by atoms with Crippen molar-refractivity contribution < 1.29 is 19.4 Å². The van der Waals surface area contributed by atoms with Crippen LogP contribution in [-0.4, -0.2) is 36.9 Å². The van der Waals surface area contributed by atoms with Crippen LogP contribution >= 0.6 is 23.2 Å². The number of aliphatic hydroxyl groups is 1. The van der Waals surface area contributed by atoms with Crippen LogP contribution in [0.3, 0.4) is 0 Å². The number of ether oxygens (including phenoxy) is 2. The lowest BCUT2D eigenvalue weighted by atomic mass is 9.86. The standard InChI is InChI=1S/C17H21Cl2NO4/c18-12-8-11(15-16(14(12)19)24-7-3-6-23-15)17(22)20-9-10-4-1-2-5-13(10)21/h8,10,13,21H,1-7,9H2,(H,20,22). The molecule has 1 aliphatic heterocycles. The smallest absolute Gasteiger partial charge is 0.255 e. The molecule has 2 atom stereocenters. The van der Waals surface area contributed by atoms with Crippen LogP contribution in [0.4, 0.5) is 0 Å². The summed E-state index contributed by atoms with van der Waals surface area (Å²) in [5.41, 5.74) is 0.312. The Morgan fingerprint density at radius 3 is 2.62 bits per heavy atom. The molecule has 3 rings (SSSR count). The summed E-state index contributed by atoms with van der Waals surface area (Å²) < 4.78 is 11.3. The molecular weight excluding hydrogens is 353 g/mol. The van der Waals surface area contributed by atoms with Crippen LogP contribution in [0.5, 0.6) is 11.5 Å².